The lowest BCUT2D eigenvalue weighted by Gasteiger charge is -2.09. The molecule has 1 aromatic carbocycles. The van der Waals surface area contributed by atoms with Gasteiger partial charge in [0, 0.05) is 23.0 Å². The largest absolute Gasteiger partial charge is 0.364 e. The maximum absolute atomic E-state index is 6.19. The molecule has 0 amide bonds. The molecule has 1 heterocycles. The van der Waals surface area contributed by atoms with E-state index in [2.05, 4.69) is 21.8 Å². The lowest BCUT2D eigenvalue weighted by atomic mass is 10.1. The molecule has 0 N–H and O–H groups in total. The topological polar surface area (TPSA) is 35.0 Å². The van der Waals surface area contributed by atoms with Crippen molar-refractivity contribution in [2.24, 2.45) is 0 Å². The van der Waals surface area contributed by atoms with Crippen molar-refractivity contribution in [3.63, 3.8) is 0 Å². The maximum Gasteiger partial charge on any atom is 0.160 e. The SMILES string of the molecule is CC#CCOCc1cc(-c2ncccn2)c(Cl)cc1Cl. The Morgan fingerprint density at radius 1 is 1.15 bits per heavy atom. The summed E-state index contributed by atoms with van der Waals surface area (Å²) in [4.78, 5) is 8.38. The van der Waals surface area contributed by atoms with Crippen LogP contribution in [0.3, 0.4) is 0 Å². The Hall–Kier alpha value is -1.60. The van der Waals surface area contributed by atoms with Crippen molar-refractivity contribution in [1.29, 1.82) is 0 Å². The van der Waals surface area contributed by atoms with E-state index in [1.807, 2.05) is 6.07 Å². The molecule has 0 unspecified atom stereocenters. The van der Waals surface area contributed by atoms with Crippen LogP contribution >= 0.6 is 23.2 Å². The number of halogens is 2. The molecule has 102 valence electrons. The minimum absolute atomic E-state index is 0.366. The smallest absolute Gasteiger partial charge is 0.160 e. The predicted octanol–water partition coefficient (Wildman–Crippen LogP) is 3.99. The fourth-order valence-electron chi connectivity index (χ4n) is 1.60. The van der Waals surface area contributed by atoms with E-state index >= 15 is 0 Å². The molecule has 0 radical (unpaired) electrons. The third kappa shape index (κ3) is 3.71. The summed E-state index contributed by atoms with van der Waals surface area (Å²) >= 11 is 12.4. The Kier molecular flexibility index (Phi) is 5.37. The third-order valence-corrected chi connectivity index (χ3v) is 3.22. The van der Waals surface area contributed by atoms with Crippen molar-refractivity contribution >= 4 is 23.2 Å². The normalized spacial score (nSPS) is 9.95. The van der Waals surface area contributed by atoms with E-state index in [4.69, 9.17) is 27.9 Å². The summed E-state index contributed by atoms with van der Waals surface area (Å²) in [5.74, 6) is 6.15. The van der Waals surface area contributed by atoms with Gasteiger partial charge in [0.05, 0.1) is 11.6 Å². The van der Waals surface area contributed by atoms with Crippen molar-refractivity contribution in [3.05, 3.63) is 46.2 Å². The molecule has 0 aliphatic heterocycles. The third-order valence-electron chi connectivity index (χ3n) is 2.55. The first-order valence-electron chi connectivity index (χ1n) is 5.95. The molecule has 20 heavy (non-hydrogen) atoms. The molecule has 0 spiro atoms. The van der Waals surface area contributed by atoms with Crippen LogP contribution < -0.4 is 0 Å². The zero-order valence-electron chi connectivity index (χ0n) is 10.9. The van der Waals surface area contributed by atoms with Crippen molar-refractivity contribution < 1.29 is 4.74 Å². The van der Waals surface area contributed by atoms with Gasteiger partial charge < -0.3 is 4.74 Å². The van der Waals surface area contributed by atoms with Crippen LogP contribution in [0.5, 0.6) is 0 Å². The van der Waals surface area contributed by atoms with Gasteiger partial charge in [-0.1, -0.05) is 29.1 Å². The highest BCUT2D eigenvalue weighted by molar-refractivity contribution is 6.36. The van der Waals surface area contributed by atoms with E-state index in [9.17, 15) is 0 Å². The van der Waals surface area contributed by atoms with Crippen LogP contribution in [0.2, 0.25) is 10.0 Å². The Morgan fingerprint density at radius 2 is 1.90 bits per heavy atom. The zero-order valence-corrected chi connectivity index (χ0v) is 12.4. The monoisotopic (exact) mass is 306 g/mol. The summed E-state index contributed by atoms with van der Waals surface area (Å²) in [7, 11) is 0. The molecule has 0 atom stereocenters. The van der Waals surface area contributed by atoms with E-state index in [0.717, 1.165) is 11.1 Å². The Morgan fingerprint density at radius 3 is 2.60 bits per heavy atom. The van der Waals surface area contributed by atoms with Crippen LogP contribution in [0.15, 0.2) is 30.6 Å². The molecule has 5 heteroatoms. The minimum atomic E-state index is 0.366. The van der Waals surface area contributed by atoms with Crippen molar-refractivity contribution in [2.75, 3.05) is 6.61 Å². The second kappa shape index (κ2) is 7.25. The number of rotatable bonds is 4. The lowest BCUT2D eigenvalue weighted by molar-refractivity contribution is 0.153. The van der Waals surface area contributed by atoms with Gasteiger partial charge in [0.25, 0.3) is 0 Å². The van der Waals surface area contributed by atoms with Gasteiger partial charge in [0.2, 0.25) is 0 Å². The lowest BCUT2D eigenvalue weighted by Crippen LogP contribution is -1.96. The summed E-state index contributed by atoms with van der Waals surface area (Å²) in [6.07, 6.45) is 3.33. The molecule has 0 aliphatic carbocycles. The van der Waals surface area contributed by atoms with E-state index in [-0.39, 0.29) is 0 Å². The first-order valence-corrected chi connectivity index (χ1v) is 6.70. The van der Waals surface area contributed by atoms with E-state index in [0.29, 0.717) is 29.1 Å². The predicted molar refractivity (Wildman–Crippen MR) is 80.6 cm³/mol. The first kappa shape index (κ1) is 14.8. The molecular weight excluding hydrogens is 295 g/mol. The van der Waals surface area contributed by atoms with Crippen molar-refractivity contribution in [2.45, 2.75) is 13.5 Å². The summed E-state index contributed by atoms with van der Waals surface area (Å²) in [5, 5.41) is 1.07. The molecule has 0 saturated heterocycles. The van der Waals surface area contributed by atoms with Crippen LogP contribution in [-0.4, -0.2) is 16.6 Å². The molecule has 0 fully saturated rings. The molecule has 2 rings (SSSR count). The number of ether oxygens (including phenoxy) is 1. The van der Waals surface area contributed by atoms with Crippen LogP contribution in [0.1, 0.15) is 12.5 Å². The fourth-order valence-corrected chi connectivity index (χ4v) is 2.12. The number of hydrogen-bond acceptors (Lipinski definition) is 3. The fraction of sp³-hybridized carbons (Fsp3) is 0.200. The number of aromatic nitrogens is 2. The summed E-state index contributed by atoms with van der Waals surface area (Å²) in [6.45, 7) is 2.50. The van der Waals surface area contributed by atoms with Crippen LogP contribution in [-0.2, 0) is 11.3 Å². The minimum Gasteiger partial charge on any atom is -0.364 e. The van der Waals surface area contributed by atoms with E-state index < -0.39 is 0 Å². The van der Waals surface area contributed by atoms with E-state index in [1.165, 1.54) is 0 Å². The second-order valence-corrected chi connectivity index (χ2v) is 4.73. The van der Waals surface area contributed by atoms with Crippen molar-refractivity contribution in [1.82, 2.24) is 9.97 Å². The van der Waals surface area contributed by atoms with Gasteiger partial charge in [0.15, 0.2) is 5.82 Å². The molecular formula is C15H12Cl2N2O. The zero-order chi connectivity index (χ0) is 14.4. The summed E-state index contributed by atoms with van der Waals surface area (Å²) < 4.78 is 5.43. The summed E-state index contributed by atoms with van der Waals surface area (Å²) in [6, 6.07) is 5.28. The first-order chi connectivity index (χ1) is 9.72. The van der Waals surface area contributed by atoms with Crippen LogP contribution in [0.4, 0.5) is 0 Å². The van der Waals surface area contributed by atoms with Gasteiger partial charge in [-0.15, -0.1) is 5.92 Å². The molecule has 0 bridgehead atoms. The van der Waals surface area contributed by atoms with E-state index in [1.54, 1.807) is 31.5 Å². The van der Waals surface area contributed by atoms with Gasteiger partial charge in [-0.25, -0.2) is 9.97 Å². The van der Waals surface area contributed by atoms with Crippen molar-refractivity contribution in [3.8, 4) is 23.2 Å². The molecule has 0 saturated carbocycles. The summed E-state index contributed by atoms with van der Waals surface area (Å²) in [5.41, 5.74) is 1.56. The molecule has 3 nitrogen and oxygen atoms in total. The highest BCUT2D eigenvalue weighted by Crippen LogP contribution is 2.31. The maximum atomic E-state index is 6.19. The highest BCUT2D eigenvalue weighted by Gasteiger charge is 2.11. The van der Waals surface area contributed by atoms with Gasteiger partial charge in [-0.3, -0.25) is 0 Å². The van der Waals surface area contributed by atoms with Gasteiger partial charge in [-0.2, -0.15) is 0 Å². The molecule has 2 aromatic rings. The second-order valence-electron chi connectivity index (χ2n) is 3.92. The standard InChI is InChI=1S/C15H12Cl2N2O/c1-2-3-7-20-10-11-8-12(14(17)9-13(11)16)15-18-5-4-6-19-15/h4-6,8-9H,7,10H2,1H3. The Balaban J connectivity index is 2.27. The molecule has 1 aromatic heterocycles. The highest BCUT2D eigenvalue weighted by atomic mass is 35.5. The molecule has 0 aliphatic rings. The quantitative estimate of drug-likeness (QED) is 0.633. The van der Waals surface area contributed by atoms with Crippen LogP contribution in [0, 0.1) is 11.8 Å². The van der Waals surface area contributed by atoms with Crippen LogP contribution in [0.25, 0.3) is 11.4 Å². The van der Waals surface area contributed by atoms with Gasteiger partial charge in [-0.05, 0) is 30.7 Å². The van der Waals surface area contributed by atoms with Gasteiger partial charge >= 0.3 is 0 Å². The number of nitrogens with zero attached hydrogens (tertiary/aromatic N) is 2. The van der Waals surface area contributed by atoms with Gasteiger partial charge in [0.1, 0.15) is 6.61 Å². The average molecular weight is 307 g/mol. The number of benzene rings is 1. The number of hydrogen-bond donors (Lipinski definition) is 0. The average Bonchev–Trinajstić information content (AvgIpc) is 2.46. The Bertz CT molecular complexity index is 648. The Labute approximate surface area is 127 Å².